The van der Waals surface area contributed by atoms with Crippen molar-refractivity contribution in [3.05, 3.63) is 66.5 Å². The van der Waals surface area contributed by atoms with E-state index in [-0.39, 0.29) is 0 Å². The maximum absolute atomic E-state index is 6.20. The molecule has 0 fully saturated rings. The van der Waals surface area contributed by atoms with Crippen LogP contribution in [0.4, 0.5) is 0 Å². The first-order valence-electron chi connectivity index (χ1n) is 7.06. The molecule has 106 valence electrons. The standard InChI is InChI=1S/C18H19N3/c1-18(2,19)17-20-15(13-9-5-3-6-10-13)16(21-17)14-11-7-4-8-12-14/h3-12H,19H2,1-2H3,(H,20,21). The lowest BCUT2D eigenvalue weighted by molar-refractivity contribution is 0.521. The molecule has 0 amide bonds. The van der Waals surface area contributed by atoms with E-state index in [1.807, 2.05) is 50.2 Å². The number of rotatable bonds is 3. The zero-order chi connectivity index (χ0) is 14.9. The van der Waals surface area contributed by atoms with Gasteiger partial charge in [0.1, 0.15) is 5.82 Å². The second-order valence-corrected chi connectivity index (χ2v) is 5.76. The van der Waals surface area contributed by atoms with Crippen LogP contribution in [-0.2, 0) is 5.54 Å². The van der Waals surface area contributed by atoms with Gasteiger partial charge in [-0.25, -0.2) is 4.98 Å². The van der Waals surface area contributed by atoms with Gasteiger partial charge in [0, 0.05) is 11.1 Å². The van der Waals surface area contributed by atoms with Crippen LogP contribution in [0.3, 0.4) is 0 Å². The number of H-pyrrole nitrogens is 1. The molecule has 0 atom stereocenters. The van der Waals surface area contributed by atoms with Crippen LogP contribution in [0.25, 0.3) is 22.5 Å². The number of aromatic amines is 1. The summed E-state index contributed by atoms with van der Waals surface area (Å²) in [6.45, 7) is 3.91. The van der Waals surface area contributed by atoms with Crippen molar-refractivity contribution in [2.24, 2.45) is 5.73 Å². The van der Waals surface area contributed by atoms with E-state index in [0.717, 1.165) is 28.3 Å². The summed E-state index contributed by atoms with van der Waals surface area (Å²) >= 11 is 0. The Bertz CT molecular complexity index is 665. The molecule has 3 heteroatoms. The van der Waals surface area contributed by atoms with Gasteiger partial charge in [-0.05, 0) is 13.8 Å². The Balaban J connectivity index is 2.20. The minimum atomic E-state index is -0.503. The van der Waals surface area contributed by atoms with E-state index in [1.54, 1.807) is 0 Å². The summed E-state index contributed by atoms with van der Waals surface area (Å²) in [5, 5.41) is 0. The summed E-state index contributed by atoms with van der Waals surface area (Å²) in [7, 11) is 0. The van der Waals surface area contributed by atoms with Crippen LogP contribution in [0.15, 0.2) is 60.7 Å². The molecule has 3 aromatic rings. The fourth-order valence-electron chi connectivity index (χ4n) is 2.30. The average Bonchev–Trinajstić information content (AvgIpc) is 2.94. The molecule has 3 N–H and O–H groups in total. The zero-order valence-electron chi connectivity index (χ0n) is 12.3. The quantitative estimate of drug-likeness (QED) is 0.762. The van der Waals surface area contributed by atoms with E-state index in [4.69, 9.17) is 10.7 Å². The maximum atomic E-state index is 6.20. The van der Waals surface area contributed by atoms with Crippen molar-refractivity contribution in [1.29, 1.82) is 0 Å². The van der Waals surface area contributed by atoms with Crippen LogP contribution < -0.4 is 5.73 Å². The predicted molar refractivity (Wildman–Crippen MR) is 86.7 cm³/mol. The molecular weight excluding hydrogens is 258 g/mol. The lowest BCUT2D eigenvalue weighted by atomic mass is 10.1. The Morgan fingerprint density at radius 3 is 1.90 bits per heavy atom. The third-order valence-corrected chi connectivity index (χ3v) is 3.42. The predicted octanol–water partition coefficient (Wildman–Crippen LogP) is 3.94. The monoisotopic (exact) mass is 277 g/mol. The summed E-state index contributed by atoms with van der Waals surface area (Å²) < 4.78 is 0. The highest BCUT2D eigenvalue weighted by molar-refractivity contribution is 5.78. The van der Waals surface area contributed by atoms with Crippen LogP contribution in [0.1, 0.15) is 19.7 Å². The molecular formula is C18H19N3. The van der Waals surface area contributed by atoms with Crippen LogP contribution in [0.5, 0.6) is 0 Å². The van der Waals surface area contributed by atoms with Crippen LogP contribution >= 0.6 is 0 Å². The van der Waals surface area contributed by atoms with Gasteiger partial charge < -0.3 is 10.7 Å². The number of nitrogens with zero attached hydrogens (tertiary/aromatic N) is 1. The first-order chi connectivity index (χ1) is 10.1. The summed E-state index contributed by atoms with van der Waals surface area (Å²) in [6.07, 6.45) is 0. The SMILES string of the molecule is CC(C)(N)c1nc(-c2ccccc2)c(-c2ccccc2)[nH]1. The van der Waals surface area contributed by atoms with E-state index < -0.39 is 5.54 Å². The molecule has 0 aliphatic heterocycles. The van der Waals surface area contributed by atoms with Crippen molar-refractivity contribution in [3.8, 4) is 22.5 Å². The Morgan fingerprint density at radius 2 is 1.38 bits per heavy atom. The van der Waals surface area contributed by atoms with Crippen LogP contribution in [0, 0.1) is 0 Å². The molecule has 21 heavy (non-hydrogen) atoms. The zero-order valence-corrected chi connectivity index (χ0v) is 12.3. The summed E-state index contributed by atoms with van der Waals surface area (Å²) in [5.74, 6) is 0.792. The van der Waals surface area contributed by atoms with Crippen LogP contribution in [-0.4, -0.2) is 9.97 Å². The van der Waals surface area contributed by atoms with Gasteiger partial charge in [0.05, 0.1) is 16.9 Å². The van der Waals surface area contributed by atoms with Crippen molar-refractivity contribution in [3.63, 3.8) is 0 Å². The fourth-order valence-corrected chi connectivity index (χ4v) is 2.30. The van der Waals surface area contributed by atoms with Crippen molar-refractivity contribution in [1.82, 2.24) is 9.97 Å². The maximum Gasteiger partial charge on any atom is 0.126 e. The fraction of sp³-hybridized carbons (Fsp3) is 0.167. The molecule has 3 nitrogen and oxygen atoms in total. The normalized spacial score (nSPS) is 11.6. The molecule has 3 rings (SSSR count). The number of aromatic nitrogens is 2. The summed E-state index contributed by atoms with van der Waals surface area (Å²) in [5.41, 5.74) is 9.84. The number of imidazole rings is 1. The molecule has 0 spiro atoms. The van der Waals surface area contributed by atoms with Gasteiger partial charge in [-0.15, -0.1) is 0 Å². The van der Waals surface area contributed by atoms with Crippen molar-refractivity contribution < 1.29 is 0 Å². The second-order valence-electron chi connectivity index (χ2n) is 5.76. The Morgan fingerprint density at radius 1 is 0.857 bits per heavy atom. The summed E-state index contributed by atoms with van der Waals surface area (Å²) in [4.78, 5) is 8.15. The minimum Gasteiger partial charge on any atom is -0.340 e. The third kappa shape index (κ3) is 2.73. The highest BCUT2D eigenvalue weighted by atomic mass is 15.0. The highest BCUT2D eigenvalue weighted by Gasteiger charge is 2.22. The first-order valence-corrected chi connectivity index (χ1v) is 7.06. The van der Waals surface area contributed by atoms with Gasteiger partial charge in [0.25, 0.3) is 0 Å². The molecule has 0 aliphatic carbocycles. The van der Waals surface area contributed by atoms with Gasteiger partial charge in [0.2, 0.25) is 0 Å². The number of hydrogen-bond acceptors (Lipinski definition) is 2. The van der Waals surface area contributed by atoms with Crippen molar-refractivity contribution in [2.75, 3.05) is 0 Å². The number of nitrogens with two attached hydrogens (primary N) is 1. The average molecular weight is 277 g/mol. The number of hydrogen-bond donors (Lipinski definition) is 2. The van der Waals surface area contributed by atoms with Gasteiger partial charge in [-0.1, -0.05) is 60.7 Å². The Labute approximate surface area is 124 Å². The van der Waals surface area contributed by atoms with E-state index in [0.29, 0.717) is 0 Å². The van der Waals surface area contributed by atoms with Crippen molar-refractivity contribution >= 4 is 0 Å². The first kappa shape index (κ1) is 13.6. The molecule has 0 unspecified atom stereocenters. The molecule has 0 radical (unpaired) electrons. The lowest BCUT2D eigenvalue weighted by Gasteiger charge is -2.14. The minimum absolute atomic E-state index is 0.503. The lowest BCUT2D eigenvalue weighted by Crippen LogP contribution is -2.30. The molecule has 0 bridgehead atoms. The van der Waals surface area contributed by atoms with Gasteiger partial charge in [0.15, 0.2) is 0 Å². The smallest absolute Gasteiger partial charge is 0.126 e. The number of nitrogens with one attached hydrogen (secondary N) is 1. The van der Waals surface area contributed by atoms with Gasteiger partial charge in [-0.2, -0.15) is 0 Å². The van der Waals surface area contributed by atoms with Gasteiger partial charge >= 0.3 is 0 Å². The molecule has 1 heterocycles. The summed E-state index contributed by atoms with van der Waals surface area (Å²) in [6, 6.07) is 20.4. The largest absolute Gasteiger partial charge is 0.340 e. The molecule has 2 aromatic carbocycles. The Hall–Kier alpha value is -2.39. The molecule has 0 saturated heterocycles. The van der Waals surface area contributed by atoms with Gasteiger partial charge in [-0.3, -0.25) is 0 Å². The van der Waals surface area contributed by atoms with E-state index in [2.05, 4.69) is 29.2 Å². The topological polar surface area (TPSA) is 54.7 Å². The molecule has 1 aromatic heterocycles. The number of benzene rings is 2. The van der Waals surface area contributed by atoms with E-state index in [1.165, 1.54) is 0 Å². The molecule has 0 aliphatic rings. The highest BCUT2D eigenvalue weighted by Crippen LogP contribution is 2.31. The Kier molecular flexibility index (Phi) is 3.35. The second kappa shape index (κ2) is 5.19. The van der Waals surface area contributed by atoms with Crippen LogP contribution in [0.2, 0.25) is 0 Å². The molecule has 0 saturated carbocycles. The van der Waals surface area contributed by atoms with E-state index >= 15 is 0 Å². The third-order valence-electron chi connectivity index (χ3n) is 3.42. The van der Waals surface area contributed by atoms with E-state index in [9.17, 15) is 0 Å². The van der Waals surface area contributed by atoms with Crippen molar-refractivity contribution in [2.45, 2.75) is 19.4 Å².